The van der Waals surface area contributed by atoms with Crippen LogP contribution in [0.3, 0.4) is 0 Å². The van der Waals surface area contributed by atoms with E-state index in [1.165, 1.54) is 0 Å². The summed E-state index contributed by atoms with van der Waals surface area (Å²) in [5.41, 5.74) is 1.90. The molecule has 2 amide bonds. The van der Waals surface area contributed by atoms with Gasteiger partial charge >= 0.3 is 0 Å². The molecule has 0 aliphatic carbocycles. The van der Waals surface area contributed by atoms with Crippen LogP contribution in [0.5, 0.6) is 5.75 Å². The average Bonchev–Trinajstić information content (AvgIpc) is 2.99. The van der Waals surface area contributed by atoms with Gasteiger partial charge in [-0.15, -0.1) is 0 Å². The summed E-state index contributed by atoms with van der Waals surface area (Å²) in [5, 5.41) is 6.40. The van der Waals surface area contributed by atoms with Gasteiger partial charge in [-0.3, -0.25) is 9.59 Å². The number of nitrogens with one attached hydrogen (secondary N) is 2. The number of likely N-dealkylation sites (tertiary alicyclic amines) is 1. The number of nitrogens with zero attached hydrogens (tertiary/aromatic N) is 5. The number of piperidine rings is 1. The number of carbonyl (C=O) groups excluding carboxylic acids is 2. The third-order valence-corrected chi connectivity index (χ3v) is 7.40. The Morgan fingerprint density at radius 3 is 2.63 bits per heavy atom. The fourth-order valence-electron chi connectivity index (χ4n) is 4.93. The van der Waals surface area contributed by atoms with E-state index < -0.39 is 0 Å². The van der Waals surface area contributed by atoms with E-state index in [1.54, 1.807) is 37.4 Å². The number of fused-ring (bicyclic) bond motifs is 1. The zero-order valence-corrected chi connectivity index (χ0v) is 23.5. The molecule has 0 bridgehead atoms. The van der Waals surface area contributed by atoms with Crippen LogP contribution in [0.4, 0.5) is 23.1 Å². The third kappa shape index (κ3) is 6.35. The molecule has 1 unspecified atom stereocenters. The van der Waals surface area contributed by atoms with Crippen LogP contribution >= 0.6 is 0 Å². The lowest BCUT2D eigenvalue weighted by molar-refractivity contribution is -0.121. The molecule has 10 heteroatoms. The molecule has 206 valence electrons. The number of aromatic nitrogens is 2. The summed E-state index contributed by atoms with van der Waals surface area (Å²) in [4.78, 5) is 41.2. The van der Waals surface area contributed by atoms with E-state index in [-0.39, 0.29) is 23.8 Å². The molecular formula is C28H41N7O3. The van der Waals surface area contributed by atoms with Crippen molar-refractivity contribution >= 4 is 35.0 Å². The van der Waals surface area contributed by atoms with Gasteiger partial charge in [-0.05, 0) is 63.5 Å². The zero-order valence-electron chi connectivity index (χ0n) is 23.5. The number of ether oxygens (including phenoxy) is 1. The normalized spacial score (nSPS) is 18.8. The topological polar surface area (TPSA) is 103 Å². The molecule has 2 aliphatic rings. The van der Waals surface area contributed by atoms with Crippen molar-refractivity contribution in [2.45, 2.75) is 46.1 Å². The fraction of sp³-hybridized carbons (Fsp3) is 0.571. The van der Waals surface area contributed by atoms with Crippen LogP contribution in [0.15, 0.2) is 24.4 Å². The highest BCUT2D eigenvalue weighted by Gasteiger charge is 2.31. The van der Waals surface area contributed by atoms with Crippen molar-refractivity contribution in [1.82, 2.24) is 20.2 Å². The first-order valence-corrected chi connectivity index (χ1v) is 13.5. The van der Waals surface area contributed by atoms with Crippen molar-refractivity contribution in [2.24, 2.45) is 11.8 Å². The molecule has 0 saturated carbocycles. The summed E-state index contributed by atoms with van der Waals surface area (Å²) in [7, 11) is 5.45. The minimum atomic E-state index is -0.147. The first-order valence-electron chi connectivity index (χ1n) is 13.5. The highest BCUT2D eigenvalue weighted by Crippen LogP contribution is 2.34. The van der Waals surface area contributed by atoms with Crippen LogP contribution < -0.4 is 25.2 Å². The van der Waals surface area contributed by atoms with Crippen LogP contribution in [0, 0.1) is 11.8 Å². The van der Waals surface area contributed by atoms with Gasteiger partial charge in [0.1, 0.15) is 11.4 Å². The summed E-state index contributed by atoms with van der Waals surface area (Å²) >= 11 is 0. The first kappa shape index (κ1) is 27.6. The number of hydrogen-bond donors (Lipinski definition) is 2. The Balaban J connectivity index is 1.55. The van der Waals surface area contributed by atoms with Crippen LogP contribution in [0.1, 0.15) is 50.4 Å². The second kappa shape index (κ2) is 12.0. The summed E-state index contributed by atoms with van der Waals surface area (Å²) < 4.78 is 5.61. The Bertz CT molecular complexity index is 1150. The van der Waals surface area contributed by atoms with Crippen molar-refractivity contribution in [1.29, 1.82) is 0 Å². The first-order chi connectivity index (χ1) is 18.2. The Morgan fingerprint density at radius 2 is 1.95 bits per heavy atom. The summed E-state index contributed by atoms with van der Waals surface area (Å²) in [6.07, 6.45) is 4.58. The number of anilines is 4. The smallest absolute Gasteiger partial charge is 0.251 e. The van der Waals surface area contributed by atoms with E-state index in [2.05, 4.69) is 46.3 Å². The van der Waals surface area contributed by atoms with E-state index >= 15 is 0 Å². The molecule has 2 aliphatic heterocycles. The summed E-state index contributed by atoms with van der Waals surface area (Å²) in [6, 6.07) is 5.51. The highest BCUT2D eigenvalue weighted by molar-refractivity contribution is 5.99. The summed E-state index contributed by atoms with van der Waals surface area (Å²) in [5.74, 6) is 1.99. The van der Waals surface area contributed by atoms with Gasteiger partial charge in [0, 0.05) is 31.7 Å². The number of benzene rings is 1. The molecule has 2 N–H and O–H groups in total. The third-order valence-electron chi connectivity index (χ3n) is 7.40. The maximum atomic E-state index is 12.9. The molecule has 4 rings (SSSR count). The number of hydrogen-bond acceptors (Lipinski definition) is 8. The quantitative estimate of drug-likeness (QED) is 0.542. The average molecular weight is 524 g/mol. The Labute approximate surface area is 225 Å². The van der Waals surface area contributed by atoms with Crippen molar-refractivity contribution in [3.8, 4) is 5.75 Å². The lowest BCUT2D eigenvalue weighted by Gasteiger charge is -2.29. The molecule has 1 saturated heterocycles. The van der Waals surface area contributed by atoms with E-state index in [1.807, 2.05) is 13.0 Å². The fourth-order valence-corrected chi connectivity index (χ4v) is 4.93. The number of methoxy groups -OCH3 is 1. The second-order valence-corrected chi connectivity index (χ2v) is 10.9. The van der Waals surface area contributed by atoms with E-state index in [4.69, 9.17) is 9.72 Å². The lowest BCUT2D eigenvalue weighted by atomic mass is 10.0. The van der Waals surface area contributed by atoms with Gasteiger partial charge in [-0.2, -0.15) is 4.98 Å². The second-order valence-electron chi connectivity index (χ2n) is 10.9. The summed E-state index contributed by atoms with van der Waals surface area (Å²) in [6.45, 7) is 9.70. The minimum Gasteiger partial charge on any atom is -0.495 e. The number of amides is 2. The molecule has 10 nitrogen and oxygen atoms in total. The zero-order chi connectivity index (χ0) is 27.4. The van der Waals surface area contributed by atoms with E-state index in [0.29, 0.717) is 41.1 Å². The Morgan fingerprint density at radius 1 is 1.21 bits per heavy atom. The Hall–Kier alpha value is -3.40. The van der Waals surface area contributed by atoms with Crippen molar-refractivity contribution in [3.63, 3.8) is 0 Å². The van der Waals surface area contributed by atoms with Gasteiger partial charge in [0.2, 0.25) is 11.9 Å². The maximum Gasteiger partial charge on any atom is 0.251 e. The van der Waals surface area contributed by atoms with Crippen molar-refractivity contribution < 1.29 is 14.3 Å². The molecule has 3 heterocycles. The number of carbonyl (C=O) groups is 2. The van der Waals surface area contributed by atoms with E-state index in [0.717, 1.165) is 44.7 Å². The van der Waals surface area contributed by atoms with Crippen LogP contribution in [-0.4, -0.2) is 80.1 Å². The Kier molecular flexibility index (Phi) is 8.71. The standard InChI is InChI=1S/C28H41N7O3/c1-18(2)9-14-35-17-19(3)27(37)34(5)23-16-29-28(32-25(23)35)31-22-8-7-20(15-24(22)38-6)26(36)30-21-10-12-33(4)13-11-21/h7-8,15-16,18-19,21H,9-14,17H2,1-6H3,(H,30,36)(H,29,31,32). The van der Waals surface area contributed by atoms with E-state index in [9.17, 15) is 9.59 Å². The molecule has 0 spiro atoms. The van der Waals surface area contributed by atoms with Crippen LogP contribution in [0.2, 0.25) is 0 Å². The monoisotopic (exact) mass is 523 g/mol. The van der Waals surface area contributed by atoms with Gasteiger partial charge in [0.05, 0.1) is 24.9 Å². The molecule has 38 heavy (non-hydrogen) atoms. The van der Waals surface area contributed by atoms with Gasteiger partial charge in [0.25, 0.3) is 5.91 Å². The van der Waals surface area contributed by atoms with Gasteiger partial charge < -0.3 is 30.1 Å². The van der Waals surface area contributed by atoms with Gasteiger partial charge in [0.15, 0.2) is 5.82 Å². The SMILES string of the molecule is COc1cc(C(=O)NC2CCN(C)CC2)ccc1Nc1ncc2c(n1)N(CCC(C)C)CC(C)C(=O)N2C. The van der Waals surface area contributed by atoms with Crippen LogP contribution in [-0.2, 0) is 4.79 Å². The molecule has 1 fully saturated rings. The van der Waals surface area contributed by atoms with Crippen molar-refractivity contribution in [3.05, 3.63) is 30.0 Å². The number of rotatable bonds is 8. The predicted octanol–water partition coefficient (Wildman–Crippen LogP) is 3.52. The minimum absolute atomic E-state index is 0.0541. The molecule has 1 aromatic heterocycles. The molecule has 2 aromatic rings. The van der Waals surface area contributed by atoms with Crippen molar-refractivity contribution in [2.75, 3.05) is 62.5 Å². The van der Waals surface area contributed by atoms with Gasteiger partial charge in [-0.1, -0.05) is 20.8 Å². The molecular weight excluding hydrogens is 482 g/mol. The van der Waals surface area contributed by atoms with Crippen LogP contribution in [0.25, 0.3) is 0 Å². The molecule has 1 aromatic carbocycles. The largest absolute Gasteiger partial charge is 0.495 e. The predicted molar refractivity (Wildman–Crippen MR) is 151 cm³/mol. The highest BCUT2D eigenvalue weighted by atomic mass is 16.5. The molecule has 0 radical (unpaired) electrons. The lowest BCUT2D eigenvalue weighted by Crippen LogP contribution is -2.43. The molecule has 1 atom stereocenters. The maximum absolute atomic E-state index is 12.9. The van der Waals surface area contributed by atoms with Gasteiger partial charge in [-0.25, -0.2) is 4.98 Å².